The first-order valence-electron chi connectivity index (χ1n) is 3.86. The molecule has 84 valence electrons. The van der Waals surface area contributed by atoms with Gasteiger partial charge >= 0.3 is 0 Å². The van der Waals surface area contributed by atoms with E-state index in [0.717, 1.165) is 0 Å². The van der Waals surface area contributed by atoms with Gasteiger partial charge in [0.2, 0.25) is 0 Å². The second-order valence-corrected chi connectivity index (χ2v) is 3.28. The molecule has 0 fully saturated rings. The second-order valence-electron chi connectivity index (χ2n) is 2.87. The van der Waals surface area contributed by atoms with Gasteiger partial charge in [0.25, 0.3) is 5.69 Å². The Hall–Kier alpha value is -1.04. The van der Waals surface area contributed by atoms with Gasteiger partial charge in [-0.1, -0.05) is 11.6 Å². The summed E-state index contributed by atoms with van der Waals surface area (Å²) in [6.07, 6.45) is 0. The molecule has 1 atom stereocenters. The van der Waals surface area contributed by atoms with Crippen LogP contribution in [0.2, 0.25) is 5.02 Å². The fourth-order valence-electron chi connectivity index (χ4n) is 1.18. The summed E-state index contributed by atoms with van der Waals surface area (Å²) < 4.78 is 0. The minimum absolute atomic E-state index is 0. The van der Waals surface area contributed by atoms with Gasteiger partial charge in [-0.05, 0) is 13.0 Å². The van der Waals surface area contributed by atoms with Crippen molar-refractivity contribution in [1.29, 1.82) is 0 Å². The molecular weight excluding hydrogens is 243 g/mol. The molecule has 3 N–H and O–H groups in total. The molecule has 5 nitrogen and oxygen atoms in total. The van der Waals surface area contributed by atoms with Crippen molar-refractivity contribution in [3.8, 4) is 5.75 Å². The van der Waals surface area contributed by atoms with Crippen molar-refractivity contribution in [2.75, 3.05) is 0 Å². The highest BCUT2D eigenvalue weighted by Gasteiger charge is 2.22. The first-order chi connectivity index (χ1) is 6.45. The minimum Gasteiger partial charge on any atom is -0.506 e. The Labute approximate surface area is 97.4 Å². The minimum atomic E-state index is -0.644. The van der Waals surface area contributed by atoms with E-state index in [0.29, 0.717) is 0 Å². The first kappa shape index (κ1) is 14.0. The van der Waals surface area contributed by atoms with E-state index in [4.69, 9.17) is 17.3 Å². The van der Waals surface area contributed by atoms with Gasteiger partial charge in [-0.15, -0.1) is 12.4 Å². The lowest BCUT2D eigenvalue weighted by Gasteiger charge is -2.09. The number of nitrogens with zero attached hydrogens (tertiary/aromatic N) is 1. The zero-order valence-corrected chi connectivity index (χ0v) is 9.38. The molecule has 0 aromatic heterocycles. The first-order valence-corrected chi connectivity index (χ1v) is 4.24. The summed E-state index contributed by atoms with van der Waals surface area (Å²) in [7, 11) is 0. The Balaban J connectivity index is 0.00000196. The van der Waals surface area contributed by atoms with E-state index in [2.05, 4.69) is 0 Å². The molecule has 15 heavy (non-hydrogen) atoms. The number of hydrogen-bond donors (Lipinski definition) is 2. The van der Waals surface area contributed by atoms with Crippen molar-refractivity contribution in [3.63, 3.8) is 0 Å². The van der Waals surface area contributed by atoms with E-state index in [9.17, 15) is 15.2 Å². The van der Waals surface area contributed by atoms with Crippen LogP contribution in [0.15, 0.2) is 12.1 Å². The SMILES string of the molecule is C[C@H](N)c1c([N+](=O)[O-])ccc(Cl)c1O.Cl. The Bertz CT molecular complexity index is 382. The van der Waals surface area contributed by atoms with E-state index in [1.807, 2.05) is 0 Å². The Morgan fingerprint density at radius 2 is 2.13 bits per heavy atom. The van der Waals surface area contributed by atoms with Gasteiger partial charge in [-0.25, -0.2) is 0 Å². The van der Waals surface area contributed by atoms with Crippen molar-refractivity contribution < 1.29 is 10.0 Å². The lowest BCUT2D eigenvalue weighted by Crippen LogP contribution is -2.08. The van der Waals surface area contributed by atoms with Gasteiger partial charge in [-0.3, -0.25) is 10.1 Å². The van der Waals surface area contributed by atoms with Crippen LogP contribution in [-0.4, -0.2) is 10.0 Å². The number of rotatable bonds is 2. The molecule has 0 aliphatic carbocycles. The van der Waals surface area contributed by atoms with Crippen LogP contribution in [0.25, 0.3) is 0 Å². The fourth-order valence-corrected chi connectivity index (χ4v) is 1.34. The van der Waals surface area contributed by atoms with E-state index >= 15 is 0 Å². The van der Waals surface area contributed by atoms with E-state index in [-0.39, 0.29) is 34.4 Å². The molecule has 0 spiro atoms. The number of phenolic OH excluding ortho intramolecular Hbond substituents is 1. The largest absolute Gasteiger partial charge is 0.506 e. The van der Waals surface area contributed by atoms with E-state index in [1.54, 1.807) is 6.92 Å². The average molecular weight is 253 g/mol. The number of nitrogens with two attached hydrogens (primary N) is 1. The quantitative estimate of drug-likeness (QED) is 0.625. The number of benzene rings is 1. The zero-order chi connectivity index (χ0) is 10.9. The fraction of sp³-hybridized carbons (Fsp3) is 0.250. The second kappa shape index (κ2) is 5.16. The maximum Gasteiger partial charge on any atom is 0.277 e. The molecule has 0 saturated carbocycles. The predicted molar refractivity (Wildman–Crippen MR) is 59.6 cm³/mol. The summed E-state index contributed by atoms with van der Waals surface area (Å²) in [5, 5.41) is 20.1. The third-order valence-corrected chi connectivity index (χ3v) is 2.10. The summed E-state index contributed by atoms with van der Waals surface area (Å²) in [4.78, 5) is 9.98. The summed E-state index contributed by atoms with van der Waals surface area (Å²) in [5.74, 6) is -0.323. The van der Waals surface area contributed by atoms with Gasteiger partial charge in [0.05, 0.1) is 15.5 Å². The van der Waals surface area contributed by atoms with Gasteiger partial charge in [0.1, 0.15) is 5.75 Å². The van der Waals surface area contributed by atoms with Crippen molar-refractivity contribution in [1.82, 2.24) is 0 Å². The monoisotopic (exact) mass is 252 g/mol. The average Bonchev–Trinajstić information content (AvgIpc) is 2.08. The highest BCUT2D eigenvalue weighted by Crippen LogP contribution is 2.37. The molecule has 0 amide bonds. The van der Waals surface area contributed by atoms with Crippen LogP contribution in [-0.2, 0) is 0 Å². The zero-order valence-electron chi connectivity index (χ0n) is 7.81. The van der Waals surface area contributed by atoms with E-state index < -0.39 is 11.0 Å². The molecule has 0 saturated heterocycles. The summed E-state index contributed by atoms with van der Waals surface area (Å²) >= 11 is 5.61. The maximum absolute atomic E-state index is 10.6. The van der Waals surface area contributed by atoms with Gasteiger partial charge < -0.3 is 10.8 Å². The molecule has 0 aliphatic rings. The number of nitro groups is 1. The third kappa shape index (κ3) is 2.71. The van der Waals surface area contributed by atoms with Crippen LogP contribution in [0.1, 0.15) is 18.5 Å². The highest BCUT2D eigenvalue weighted by molar-refractivity contribution is 6.32. The standard InChI is InChI=1S/C8H9ClN2O3.ClH/c1-4(10)7-6(11(13)14)3-2-5(9)8(7)12;/h2-4,12H,10H2,1H3;1H/t4-;/m0./s1. The van der Waals surface area contributed by atoms with Crippen LogP contribution in [0.4, 0.5) is 5.69 Å². The summed E-state index contributed by atoms with van der Waals surface area (Å²) in [6, 6.07) is 1.84. The number of aromatic hydroxyl groups is 1. The molecule has 1 aromatic carbocycles. The molecule has 0 heterocycles. The van der Waals surface area contributed by atoms with Crippen LogP contribution in [0.5, 0.6) is 5.75 Å². The van der Waals surface area contributed by atoms with Crippen LogP contribution in [0.3, 0.4) is 0 Å². The smallest absolute Gasteiger partial charge is 0.277 e. The van der Waals surface area contributed by atoms with Crippen LogP contribution in [0, 0.1) is 10.1 Å². The van der Waals surface area contributed by atoms with Crippen molar-refractivity contribution in [2.24, 2.45) is 5.73 Å². The predicted octanol–water partition coefficient (Wildman–Crippen LogP) is 2.40. The molecule has 0 bridgehead atoms. The van der Waals surface area contributed by atoms with Crippen molar-refractivity contribution in [3.05, 3.63) is 32.8 Å². The normalized spacial score (nSPS) is 11.7. The number of hydrogen-bond acceptors (Lipinski definition) is 4. The van der Waals surface area contributed by atoms with Crippen molar-refractivity contribution in [2.45, 2.75) is 13.0 Å². The molecule has 1 aromatic rings. The topological polar surface area (TPSA) is 89.4 Å². The highest BCUT2D eigenvalue weighted by atomic mass is 35.5. The van der Waals surface area contributed by atoms with Crippen molar-refractivity contribution >= 4 is 29.7 Å². The molecule has 1 rings (SSSR count). The Morgan fingerprint density at radius 1 is 1.60 bits per heavy atom. The van der Waals surface area contributed by atoms with Crippen LogP contribution >= 0.6 is 24.0 Å². The Morgan fingerprint density at radius 3 is 2.53 bits per heavy atom. The molecule has 7 heteroatoms. The lowest BCUT2D eigenvalue weighted by molar-refractivity contribution is -0.385. The number of phenols is 1. The molecule has 0 aliphatic heterocycles. The number of nitro benzene ring substituents is 1. The summed E-state index contributed by atoms with van der Waals surface area (Å²) in [6.45, 7) is 1.54. The maximum atomic E-state index is 10.6. The Kier molecular flexibility index (Phi) is 4.80. The summed E-state index contributed by atoms with van der Waals surface area (Å²) in [5.41, 5.74) is 5.34. The third-order valence-electron chi connectivity index (χ3n) is 1.80. The van der Waals surface area contributed by atoms with E-state index in [1.165, 1.54) is 12.1 Å². The van der Waals surface area contributed by atoms with Crippen LogP contribution < -0.4 is 5.73 Å². The lowest BCUT2D eigenvalue weighted by atomic mass is 10.1. The molecule has 0 radical (unpaired) electrons. The number of halogens is 2. The van der Waals surface area contributed by atoms with Gasteiger partial charge in [-0.2, -0.15) is 0 Å². The molecular formula is C8H10Cl2N2O3. The van der Waals surface area contributed by atoms with Gasteiger partial charge in [0.15, 0.2) is 0 Å². The van der Waals surface area contributed by atoms with Gasteiger partial charge in [0, 0.05) is 12.1 Å². The molecule has 0 unspecified atom stereocenters.